The van der Waals surface area contributed by atoms with Crippen molar-refractivity contribution in [2.45, 2.75) is 24.2 Å². The lowest BCUT2D eigenvalue weighted by atomic mass is 10.2. The molecule has 0 radical (unpaired) electrons. The van der Waals surface area contributed by atoms with Gasteiger partial charge in [0.05, 0.1) is 12.2 Å². The van der Waals surface area contributed by atoms with E-state index >= 15 is 0 Å². The topological polar surface area (TPSA) is 78.5 Å². The molecule has 0 unspecified atom stereocenters. The first-order chi connectivity index (χ1) is 11.1. The molecule has 0 bridgehead atoms. The molecule has 1 aromatic carbocycles. The molecule has 6 nitrogen and oxygen atoms in total. The zero-order chi connectivity index (χ0) is 16.2. The maximum atomic E-state index is 12.2. The van der Waals surface area contributed by atoms with Crippen LogP contribution in [0.2, 0.25) is 0 Å². The molecule has 1 aromatic rings. The van der Waals surface area contributed by atoms with Crippen LogP contribution in [0, 0.1) is 0 Å². The first-order valence-electron chi connectivity index (χ1n) is 7.76. The lowest BCUT2D eigenvalue weighted by molar-refractivity contribution is -0.129. The van der Waals surface area contributed by atoms with Gasteiger partial charge in [-0.25, -0.2) is 0 Å². The number of carbonyl (C=O) groups is 3. The van der Waals surface area contributed by atoms with Crippen LogP contribution in [0.3, 0.4) is 0 Å². The van der Waals surface area contributed by atoms with Gasteiger partial charge in [0.2, 0.25) is 11.8 Å². The molecule has 3 amide bonds. The minimum Gasteiger partial charge on any atom is -0.343 e. The van der Waals surface area contributed by atoms with E-state index in [0.717, 1.165) is 36.6 Å². The molecule has 7 heteroatoms. The Kier molecular flexibility index (Phi) is 4.85. The summed E-state index contributed by atoms with van der Waals surface area (Å²) in [6, 6.07) is 5.23. The molecule has 2 aliphatic heterocycles. The summed E-state index contributed by atoms with van der Waals surface area (Å²) >= 11 is 1.59. The normalized spacial score (nSPS) is 17.2. The van der Waals surface area contributed by atoms with E-state index in [1.807, 2.05) is 6.07 Å². The van der Waals surface area contributed by atoms with E-state index in [4.69, 9.17) is 0 Å². The van der Waals surface area contributed by atoms with Crippen LogP contribution in [0.4, 0.5) is 5.69 Å². The van der Waals surface area contributed by atoms with Crippen LogP contribution >= 0.6 is 11.8 Å². The molecule has 122 valence electrons. The second-order valence-electron chi connectivity index (χ2n) is 5.63. The van der Waals surface area contributed by atoms with E-state index in [0.29, 0.717) is 17.7 Å². The Morgan fingerprint density at radius 3 is 2.83 bits per heavy atom. The number of hydrogen-bond donors (Lipinski definition) is 2. The standard InChI is InChI=1S/C16H19N3O3S/c20-14-5-8-23-13-4-3-11(9-12(13)18-14)16(22)17-10-15(21)19-6-1-2-7-19/h3-4,9H,1-2,5-8,10H2,(H,17,22)(H,18,20). The maximum absolute atomic E-state index is 12.2. The van der Waals surface area contributed by atoms with E-state index in [2.05, 4.69) is 10.6 Å². The first-order valence-corrected chi connectivity index (χ1v) is 8.75. The number of hydrogen-bond acceptors (Lipinski definition) is 4. The van der Waals surface area contributed by atoms with E-state index in [-0.39, 0.29) is 24.3 Å². The third-order valence-corrected chi connectivity index (χ3v) is 5.04. The van der Waals surface area contributed by atoms with Gasteiger partial charge in [0.25, 0.3) is 5.91 Å². The summed E-state index contributed by atoms with van der Waals surface area (Å²) < 4.78 is 0. The second-order valence-corrected chi connectivity index (χ2v) is 6.76. The monoisotopic (exact) mass is 333 g/mol. The van der Waals surface area contributed by atoms with Crippen molar-refractivity contribution in [1.29, 1.82) is 0 Å². The smallest absolute Gasteiger partial charge is 0.251 e. The van der Waals surface area contributed by atoms with Crippen molar-refractivity contribution in [1.82, 2.24) is 10.2 Å². The van der Waals surface area contributed by atoms with Gasteiger partial charge in [-0.2, -0.15) is 0 Å². The Morgan fingerprint density at radius 2 is 2.04 bits per heavy atom. The van der Waals surface area contributed by atoms with Crippen LogP contribution in [-0.4, -0.2) is 48.0 Å². The van der Waals surface area contributed by atoms with Crippen molar-refractivity contribution < 1.29 is 14.4 Å². The van der Waals surface area contributed by atoms with Crippen molar-refractivity contribution in [2.75, 3.05) is 30.7 Å². The molecule has 3 rings (SSSR count). The minimum atomic E-state index is -0.302. The number of rotatable bonds is 3. The fourth-order valence-electron chi connectivity index (χ4n) is 2.70. The summed E-state index contributed by atoms with van der Waals surface area (Å²) in [5, 5.41) is 5.47. The van der Waals surface area contributed by atoms with Crippen molar-refractivity contribution >= 4 is 35.2 Å². The molecule has 2 aliphatic rings. The van der Waals surface area contributed by atoms with Gasteiger partial charge < -0.3 is 15.5 Å². The largest absolute Gasteiger partial charge is 0.343 e. The fraction of sp³-hybridized carbons (Fsp3) is 0.438. The second kappa shape index (κ2) is 7.04. The number of likely N-dealkylation sites (tertiary alicyclic amines) is 1. The molecule has 0 atom stereocenters. The van der Waals surface area contributed by atoms with Crippen molar-refractivity contribution in [2.24, 2.45) is 0 Å². The number of anilines is 1. The van der Waals surface area contributed by atoms with Gasteiger partial charge in [0.15, 0.2) is 0 Å². The van der Waals surface area contributed by atoms with Crippen LogP contribution in [-0.2, 0) is 9.59 Å². The van der Waals surface area contributed by atoms with E-state index in [1.54, 1.807) is 28.8 Å². The van der Waals surface area contributed by atoms with Crippen molar-refractivity contribution in [3.63, 3.8) is 0 Å². The average molecular weight is 333 g/mol. The van der Waals surface area contributed by atoms with Gasteiger partial charge in [-0.3, -0.25) is 14.4 Å². The summed E-state index contributed by atoms with van der Waals surface area (Å²) in [6.07, 6.45) is 2.52. The van der Waals surface area contributed by atoms with Gasteiger partial charge in [0.1, 0.15) is 0 Å². The average Bonchev–Trinajstić information content (AvgIpc) is 3.01. The lowest BCUT2D eigenvalue weighted by Gasteiger charge is -2.15. The van der Waals surface area contributed by atoms with E-state index in [1.165, 1.54) is 0 Å². The molecule has 0 spiro atoms. The number of thioether (sulfide) groups is 1. The summed E-state index contributed by atoms with van der Waals surface area (Å²) in [6.45, 7) is 1.56. The molecular weight excluding hydrogens is 314 g/mol. The lowest BCUT2D eigenvalue weighted by Crippen LogP contribution is -2.38. The van der Waals surface area contributed by atoms with Gasteiger partial charge in [-0.1, -0.05) is 0 Å². The zero-order valence-electron chi connectivity index (χ0n) is 12.8. The number of carbonyl (C=O) groups excluding carboxylic acids is 3. The highest BCUT2D eigenvalue weighted by atomic mass is 32.2. The van der Waals surface area contributed by atoms with Gasteiger partial charge in [-0.15, -0.1) is 11.8 Å². The van der Waals surface area contributed by atoms with Gasteiger partial charge in [0, 0.05) is 35.7 Å². The molecule has 2 heterocycles. The number of benzene rings is 1. The molecular formula is C16H19N3O3S. The minimum absolute atomic E-state index is 0.0109. The van der Waals surface area contributed by atoms with Gasteiger partial charge >= 0.3 is 0 Å². The van der Waals surface area contributed by atoms with Crippen LogP contribution < -0.4 is 10.6 Å². The van der Waals surface area contributed by atoms with E-state index < -0.39 is 0 Å². The van der Waals surface area contributed by atoms with Crippen LogP contribution in [0.15, 0.2) is 23.1 Å². The Balaban J connectivity index is 1.63. The number of fused-ring (bicyclic) bond motifs is 1. The molecule has 2 N–H and O–H groups in total. The molecule has 0 aromatic heterocycles. The summed E-state index contributed by atoms with van der Waals surface area (Å²) in [5.41, 5.74) is 1.11. The quantitative estimate of drug-likeness (QED) is 0.878. The Morgan fingerprint density at radius 1 is 1.26 bits per heavy atom. The maximum Gasteiger partial charge on any atom is 0.251 e. The molecule has 0 saturated carbocycles. The predicted molar refractivity (Wildman–Crippen MR) is 88.6 cm³/mol. The highest BCUT2D eigenvalue weighted by Gasteiger charge is 2.19. The van der Waals surface area contributed by atoms with Crippen LogP contribution in [0.1, 0.15) is 29.6 Å². The first kappa shape index (κ1) is 15.9. The Labute approximate surface area is 139 Å². The van der Waals surface area contributed by atoms with Gasteiger partial charge in [-0.05, 0) is 31.0 Å². The zero-order valence-corrected chi connectivity index (χ0v) is 13.6. The van der Waals surface area contributed by atoms with Crippen molar-refractivity contribution in [3.05, 3.63) is 23.8 Å². The highest BCUT2D eigenvalue weighted by Crippen LogP contribution is 2.31. The molecule has 1 saturated heterocycles. The third kappa shape index (κ3) is 3.85. The Bertz CT molecular complexity index is 641. The SMILES string of the molecule is O=C1CCSc2ccc(C(=O)NCC(=O)N3CCCC3)cc2N1. The van der Waals surface area contributed by atoms with Crippen LogP contribution in [0.25, 0.3) is 0 Å². The molecule has 23 heavy (non-hydrogen) atoms. The number of nitrogens with one attached hydrogen (secondary N) is 2. The number of amides is 3. The summed E-state index contributed by atoms with van der Waals surface area (Å²) in [4.78, 5) is 38.5. The summed E-state index contributed by atoms with van der Waals surface area (Å²) in [5.74, 6) is 0.339. The summed E-state index contributed by atoms with van der Waals surface area (Å²) in [7, 11) is 0. The predicted octanol–water partition coefficient (Wildman–Crippen LogP) is 1.47. The van der Waals surface area contributed by atoms with Crippen LogP contribution in [0.5, 0.6) is 0 Å². The highest BCUT2D eigenvalue weighted by molar-refractivity contribution is 7.99. The third-order valence-electron chi connectivity index (χ3n) is 3.96. The number of nitrogens with zero attached hydrogens (tertiary/aromatic N) is 1. The van der Waals surface area contributed by atoms with Crippen molar-refractivity contribution in [3.8, 4) is 0 Å². The van der Waals surface area contributed by atoms with E-state index in [9.17, 15) is 14.4 Å². The fourth-order valence-corrected chi connectivity index (χ4v) is 3.63. The molecule has 0 aliphatic carbocycles. The molecule has 1 fully saturated rings. The Hall–Kier alpha value is -2.02.